The van der Waals surface area contributed by atoms with Crippen LogP contribution in [0.1, 0.15) is 0 Å². The van der Waals surface area contributed by atoms with Gasteiger partial charge in [-0.25, -0.2) is 0 Å². The monoisotopic (exact) mass is 268 g/mol. The summed E-state index contributed by atoms with van der Waals surface area (Å²) in [6.45, 7) is -0.223. The summed E-state index contributed by atoms with van der Waals surface area (Å²) in [5.74, 6) is 0.107. The lowest BCUT2D eigenvalue weighted by molar-refractivity contribution is 0.202. The molecular weight excluding hydrogens is 255 g/mol. The number of hydrogen-bond donors (Lipinski definition) is 3. The van der Waals surface area contributed by atoms with Crippen LogP contribution in [-0.2, 0) is 4.57 Å². The zero-order valence-electron chi connectivity index (χ0n) is 9.48. The summed E-state index contributed by atoms with van der Waals surface area (Å²) in [4.78, 5) is 18.9. The van der Waals surface area contributed by atoms with E-state index in [1.54, 1.807) is 30.3 Å². The molecule has 3 N–H and O–H groups in total. The standard InChI is InChI=1S/C12H13O5P/c13-7-8-17-11-6-5-9-3-1-2-4-10(9)12(11)18(14,15)16/h1-6,13H,7-8H2,(H2,14,15,16). The molecule has 0 aliphatic rings. The Labute approximate surface area is 104 Å². The van der Waals surface area contributed by atoms with Gasteiger partial charge in [-0.15, -0.1) is 0 Å². The van der Waals surface area contributed by atoms with E-state index in [2.05, 4.69) is 0 Å². The predicted molar refractivity (Wildman–Crippen MR) is 68.2 cm³/mol. The smallest absolute Gasteiger partial charge is 0.360 e. The van der Waals surface area contributed by atoms with Gasteiger partial charge in [0.25, 0.3) is 0 Å². The molecule has 0 atom stereocenters. The Morgan fingerprint density at radius 1 is 1.11 bits per heavy atom. The lowest BCUT2D eigenvalue weighted by Crippen LogP contribution is -2.13. The van der Waals surface area contributed by atoms with Crippen molar-refractivity contribution in [3.05, 3.63) is 36.4 Å². The van der Waals surface area contributed by atoms with Crippen LogP contribution in [0.25, 0.3) is 10.8 Å². The van der Waals surface area contributed by atoms with E-state index in [-0.39, 0.29) is 24.3 Å². The molecule has 0 saturated heterocycles. The van der Waals surface area contributed by atoms with Crippen LogP contribution in [-0.4, -0.2) is 28.1 Å². The summed E-state index contributed by atoms with van der Waals surface area (Å²) in [7, 11) is -4.45. The first-order valence-corrected chi connectivity index (χ1v) is 6.97. The van der Waals surface area contributed by atoms with Crippen LogP contribution < -0.4 is 10.0 Å². The molecule has 18 heavy (non-hydrogen) atoms. The fourth-order valence-electron chi connectivity index (χ4n) is 1.81. The van der Waals surface area contributed by atoms with E-state index < -0.39 is 7.60 Å². The Bertz CT molecular complexity index is 604. The maximum atomic E-state index is 11.6. The van der Waals surface area contributed by atoms with E-state index in [0.717, 1.165) is 5.39 Å². The van der Waals surface area contributed by atoms with Crippen LogP contribution in [0.2, 0.25) is 0 Å². The van der Waals surface area contributed by atoms with Gasteiger partial charge in [0.15, 0.2) is 0 Å². The molecule has 0 amide bonds. The van der Waals surface area contributed by atoms with Gasteiger partial charge in [-0.1, -0.05) is 30.3 Å². The van der Waals surface area contributed by atoms with Gasteiger partial charge in [-0.3, -0.25) is 4.57 Å². The molecule has 0 aliphatic heterocycles. The summed E-state index contributed by atoms with van der Waals surface area (Å²) in [5, 5.41) is 9.77. The van der Waals surface area contributed by atoms with Crippen molar-refractivity contribution in [3.8, 4) is 5.75 Å². The van der Waals surface area contributed by atoms with Crippen LogP contribution in [0.4, 0.5) is 0 Å². The highest BCUT2D eigenvalue weighted by molar-refractivity contribution is 7.61. The van der Waals surface area contributed by atoms with Gasteiger partial charge in [0, 0.05) is 5.39 Å². The van der Waals surface area contributed by atoms with E-state index in [0.29, 0.717) is 5.39 Å². The van der Waals surface area contributed by atoms with E-state index in [1.807, 2.05) is 0 Å². The van der Waals surface area contributed by atoms with Crippen LogP contribution in [0, 0.1) is 0 Å². The Hall–Kier alpha value is -1.39. The van der Waals surface area contributed by atoms with Crippen LogP contribution in [0.5, 0.6) is 5.75 Å². The molecule has 0 radical (unpaired) electrons. The highest BCUT2D eigenvalue weighted by Crippen LogP contribution is 2.40. The van der Waals surface area contributed by atoms with Gasteiger partial charge >= 0.3 is 7.60 Å². The molecule has 0 heterocycles. The first kappa shape index (κ1) is 13.1. The largest absolute Gasteiger partial charge is 0.490 e. The highest BCUT2D eigenvalue weighted by Gasteiger charge is 2.25. The van der Waals surface area contributed by atoms with Gasteiger partial charge in [0.1, 0.15) is 17.7 Å². The Morgan fingerprint density at radius 3 is 2.50 bits per heavy atom. The van der Waals surface area contributed by atoms with Crippen molar-refractivity contribution in [2.45, 2.75) is 0 Å². The first-order chi connectivity index (χ1) is 8.54. The number of benzene rings is 2. The summed E-state index contributed by atoms with van der Waals surface area (Å²) in [6, 6.07) is 10.1. The van der Waals surface area contributed by atoms with Crippen molar-refractivity contribution in [3.63, 3.8) is 0 Å². The molecule has 2 aromatic rings. The molecule has 0 saturated carbocycles. The molecular formula is C12H13O5P. The average molecular weight is 268 g/mol. The van der Waals surface area contributed by atoms with E-state index in [4.69, 9.17) is 9.84 Å². The minimum Gasteiger partial charge on any atom is -0.490 e. The molecule has 0 fully saturated rings. The van der Waals surface area contributed by atoms with E-state index in [1.165, 1.54) is 6.07 Å². The molecule has 6 heteroatoms. The predicted octanol–water partition coefficient (Wildman–Crippen LogP) is 1.01. The molecule has 2 aromatic carbocycles. The molecule has 96 valence electrons. The van der Waals surface area contributed by atoms with Crippen molar-refractivity contribution in [1.29, 1.82) is 0 Å². The maximum Gasteiger partial charge on any atom is 0.360 e. The number of fused-ring (bicyclic) bond motifs is 1. The van der Waals surface area contributed by atoms with Gasteiger partial charge < -0.3 is 19.6 Å². The third-order valence-electron chi connectivity index (χ3n) is 2.50. The van der Waals surface area contributed by atoms with Crippen LogP contribution >= 0.6 is 7.60 Å². The number of hydrogen-bond acceptors (Lipinski definition) is 3. The Morgan fingerprint density at radius 2 is 1.83 bits per heavy atom. The first-order valence-electron chi connectivity index (χ1n) is 5.35. The van der Waals surface area contributed by atoms with E-state index in [9.17, 15) is 14.4 Å². The van der Waals surface area contributed by atoms with Crippen LogP contribution in [0.15, 0.2) is 36.4 Å². The van der Waals surface area contributed by atoms with Crippen molar-refractivity contribution in [2.24, 2.45) is 0 Å². The lowest BCUT2D eigenvalue weighted by Gasteiger charge is -2.14. The zero-order valence-corrected chi connectivity index (χ0v) is 10.4. The second-order valence-electron chi connectivity index (χ2n) is 3.75. The van der Waals surface area contributed by atoms with Gasteiger partial charge in [0.2, 0.25) is 0 Å². The number of aliphatic hydroxyl groups is 1. The molecule has 5 nitrogen and oxygen atoms in total. The lowest BCUT2D eigenvalue weighted by atomic mass is 10.1. The van der Waals surface area contributed by atoms with Crippen molar-refractivity contribution in [2.75, 3.05) is 13.2 Å². The summed E-state index contributed by atoms with van der Waals surface area (Å²) in [6.07, 6.45) is 0. The molecule has 0 bridgehead atoms. The molecule has 0 unspecified atom stereocenters. The van der Waals surface area contributed by atoms with Crippen molar-refractivity contribution in [1.82, 2.24) is 0 Å². The minimum atomic E-state index is -4.45. The molecule has 0 aliphatic carbocycles. The fraction of sp³-hybridized carbons (Fsp3) is 0.167. The zero-order chi connectivity index (χ0) is 13.2. The number of aliphatic hydroxyl groups excluding tert-OH is 1. The number of rotatable bonds is 4. The Balaban J connectivity index is 2.67. The minimum absolute atomic E-state index is 0.00859. The SMILES string of the molecule is O=P(O)(O)c1c(OCCO)ccc2ccccc12. The molecule has 2 rings (SSSR count). The van der Waals surface area contributed by atoms with E-state index >= 15 is 0 Å². The Kier molecular flexibility index (Phi) is 3.68. The van der Waals surface area contributed by atoms with Crippen LogP contribution in [0.3, 0.4) is 0 Å². The van der Waals surface area contributed by atoms with Gasteiger partial charge in [-0.2, -0.15) is 0 Å². The second-order valence-corrected chi connectivity index (χ2v) is 5.28. The summed E-state index contributed by atoms with van der Waals surface area (Å²) < 4.78 is 16.8. The third kappa shape index (κ3) is 2.54. The normalized spacial score (nSPS) is 11.7. The van der Waals surface area contributed by atoms with Gasteiger partial charge in [0.05, 0.1) is 6.61 Å². The highest BCUT2D eigenvalue weighted by atomic mass is 31.2. The third-order valence-corrected chi connectivity index (χ3v) is 3.55. The van der Waals surface area contributed by atoms with Crippen molar-refractivity contribution >= 4 is 23.7 Å². The average Bonchev–Trinajstić information content (AvgIpc) is 2.34. The molecule has 0 spiro atoms. The summed E-state index contributed by atoms with van der Waals surface area (Å²) in [5.41, 5.74) is 0. The van der Waals surface area contributed by atoms with Crippen molar-refractivity contribution < 1.29 is 24.2 Å². The quantitative estimate of drug-likeness (QED) is 0.720. The summed E-state index contributed by atoms with van der Waals surface area (Å²) >= 11 is 0. The fourth-order valence-corrected chi connectivity index (χ4v) is 2.75. The van der Waals surface area contributed by atoms with Gasteiger partial charge in [-0.05, 0) is 11.5 Å². The number of ether oxygens (including phenoxy) is 1. The second kappa shape index (κ2) is 5.08. The maximum absolute atomic E-state index is 11.6. The molecule has 0 aromatic heterocycles. The topological polar surface area (TPSA) is 87.0 Å².